The van der Waals surface area contributed by atoms with Crippen molar-refractivity contribution < 1.29 is 18.5 Å². The molecule has 0 saturated heterocycles. The molecule has 0 atom stereocenters. The molecule has 0 spiro atoms. The van der Waals surface area contributed by atoms with Crippen molar-refractivity contribution in [3.05, 3.63) is 53.3 Å². The predicted molar refractivity (Wildman–Crippen MR) is 141 cm³/mol. The molecule has 0 amide bonds. The fourth-order valence-electron chi connectivity index (χ4n) is 3.10. The highest BCUT2D eigenvalue weighted by Crippen LogP contribution is 2.51. The van der Waals surface area contributed by atoms with Gasteiger partial charge in [0.2, 0.25) is 0 Å². The fourth-order valence-corrected chi connectivity index (χ4v) is 7.37. The minimum atomic E-state index is -4.45. The van der Waals surface area contributed by atoms with Gasteiger partial charge in [0.15, 0.2) is 11.5 Å². The van der Waals surface area contributed by atoms with Gasteiger partial charge in [0.1, 0.15) is 0 Å². The highest BCUT2D eigenvalue weighted by atomic mass is 79.9. The molecule has 2 rings (SSSR count). The van der Waals surface area contributed by atoms with Crippen molar-refractivity contribution in [3.8, 4) is 11.5 Å². The summed E-state index contributed by atoms with van der Waals surface area (Å²) in [6, 6.07) is 7.64. The number of rotatable bonds is 12. The molecule has 2 aromatic rings. The van der Waals surface area contributed by atoms with Gasteiger partial charge >= 0.3 is 7.82 Å². The van der Waals surface area contributed by atoms with Crippen LogP contribution >= 0.6 is 71.5 Å². The van der Waals surface area contributed by atoms with Gasteiger partial charge in [0, 0.05) is 0 Å². The molecule has 0 unspecified atom stereocenters. The normalized spacial score (nSPS) is 11.6. The lowest BCUT2D eigenvalue weighted by atomic mass is 10.1. The van der Waals surface area contributed by atoms with Gasteiger partial charge in [0.05, 0.1) is 17.9 Å². The first-order chi connectivity index (χ1) is 14.7. The van der Waals surface area contributed by atoms with Crippen molar-refractivity contribution in [2.45, 2.75) is 65.2 Å². The van der Waals surface area contributed by atoms with E-state index in [1.165, 1.54) is 0 Å². The van der Waals surface area contributed by atoms with Crippen molar-refractivity contribution in [1.29, 1.82) is 0 Å². The Bertz CT molecular complexity index is 818. The van der Waals surface area contributed by atoms with Crippen LogP contribution in [0.25, 0.3) is 0 Å². The minimum Gasteiger partial charge on any atom is -0.393 e. The lowest BCUT2D eigenvalue weighted by Gasteiger charge is -2.18. The van der Waals surface area contributed by atoms with Crippen molar-refractivity contribution in [1.82, 2.24) is 0 Å². The second-order valence-electron chi connectivity index (χ2n) is 7.34. The molecule has 172 valence electrons. The summed E-state index contributed by atoms with van der Waals surface area (Å²) in [5.41, 5.74) is 2.25. The number of phosphoric acid groups is 1. The molecule has 0 radical (unpaired) electrons. The molecule has 0 aliphatic carbocycles. The van der Waals surface area contributed by atoms with E-state index < -0.39 is 7.82 Å². The number of aryl methyl sites for hydroxylation is 2. The number of halogens is 4. The van der Waals surface area contributed by atoms with Crippen LogP contribution in [-0.4, -0.2) is 4.89 Å². The molecule has 2 aromatic carbocycles. The van der Waals surface area contributed by atoms with E-state index in [-0.39, 0.29) is 11.5 Å². The summed E-state index contributed by atoms with van der Waals surface area (Å²) in [7, 11) is -4.45. The van der Waals surface area contributed by atoms with Gasteiger partial charge in [0.25, 0.3) is 0 Å². The van der Waals surface area contributed by atoms with Gasteiger partial charge in [-0.2, -0.15) is 0 Å². The summed E-state index contributed by atoms with van der Waals surface area (Å²) >= 11 is 13.8. The van der Waals surface area contributed by atoms with Crippen molar-refractivity contribution in [2.75, 3.05) is 0 Å². The van der Waals surface area contributed by atoms with Gasteiger partial charge in [-0.15, -0.1) is 0 Å². The second-order valence-corrected chi connectivity index (χ2v) is 12.1. The number of unbranched alkanes of at least 4 members (excludes halogenated alkanes) is 4. The third kappa shape index (κ3) is 8.78. The van der Waals surface area contributed by atoms with Crippen LogP contribution in [0.15, 0.2) is 42.2 Å². The van der Waals surface area contributed by atoms with Crippen LogP contribution in [0, 0.1) is 0 Å². The Morgan fingerprint density at radius 1 is 0.710 bits per heavy atom. The molecular weight excluding hydrogens is 679 g/mol. The second kappa shape index (κ2) is 13.1. The van der Waals surface area contributed by atoms with E-state index in [1.807, 2.05) is 24.3 Å². The molecule has 0 heterocycles. The van der Waals surface area contributed by atoms with E-state index in [0.29, 0.717) is 17.9 Å². The molecule has 0 aliphatic rings. The van der Waals surface area contributed by atoms with Crippen LogP contribution < -0.4 is 9.05 Å². The van der Waals surface area contributed by atoms with Crippen LogP contribution in [0.3, 0.4) is 0 Å². The van der Waals surface area contributed by atoms with Crippen LogP contribution in [0.2, 0.25) is 0 Å². The molecule has 0 aliphatic heterocycles. The molecular formula is C22H27Br4O4P. The fraction of sp³-hybridized carbons (Fsp3) is 0.455. The Balaban J connectivity index is 2.15. The van der Waals surface area contributed by atoms with Gasteiger partial charge in [-0.05, 0) is 125 Å². The van der Waals surface area contributed by atoms with Gasteiger partial charge in [-0.1, -0.05) is 39.5 Å². The SMILES string of the molecule is CCCCCc1cc(Br)c(OP(=O)(O)Oc2c(Br)cc(CCCCC)cc2Br)c(Br)c1. The molecule has 9 heteroatoms. The summed E-state index contributed by atoms with van der Waals surface area (Å²) in [6.07, 6.45) is 8.68. The van der Waals surface area contributed by atoms with Crippen molar-refractivity contribution >= 4 is 71.5 Å². The third-order valence-electron chi connectivity index (χ3n) is 4.67. The number of benzene rings is 2. The van der Waals surface area contributed by atoms with Crippen LogP contribution in [-0.2, 0) is 17.4 Å². The monoisotopic (exact) mass is 702 g/mol. The molecule has 4 nitrogen and oxygen atoms in total. The van der Waals surface area contributed by atoms with Crippen LogP contribution in [0.5, 0.6) is 11.5 Å². The highest BCUT2D eigenvalue weighted by Gasteiger charge is 2.30. The van der Waals surface area contributed by atoms with Crippen LogP contribution in [0.1, 0.15) is 63.5 Å². The molecule has 0 saturated carbocycles. The zero-order valence-electron chi connectivity index (χ0n) is 17.6. The first kappa shape index (κ1) is 27.4. The van der Waals surface area contributed by atoms with Crippen molar-refractivity contribution in [3.63, 3.8) is 0 Å². The zero-order chi connectivity index (χ0) is 23.0. The maximum absolute atomic E-state index is 12.8. The van der Waals surface area contributed by atoms with E-state index in [2.05, 4.69) is 77.6 Å². The summed E-state index contributed by atoms with van der Waals surface area (Å²) in [5.74, 6) is 0.460. The Morgan fingerprint density at radius 3 is 1.32 bits per heavy atom. The van der Waals surface area contributed by atoms with E-state index >= 15 is 0 Å². The summed E-state index contributed by atoms with van der Waals surface area (Å²) in [4.78, 5) is 10.4. The first-order valence-corrected chi connectivity index (χ1v) is 15.0. The lowest BCUT2D eigenvalue weighted by Crippen LogP contribution is -2.03. The van der Waals surface area contributed by atoms with Crippen molar-refractivity contribution in [2.24, 2.45) is 0 Å². The average molecular weight is 706 g/mol. The Labute approximate surface area is 218 Å². The van der Waals surface area contributed by atoms with E-state index in [4.69, 9.17) is 9.05 Å². The highest BCUT2D eigenvalue weighted by molar-refractivity contribution is 9.11. The molecule has 0 fully saturated rings. The summed E-state index contributed by atoms with van der Waals surface area (Å²) in [6.45, 7) is 4.33. The standard InChI is InChI=1S/C22H27Br4O4P/c1-3-5-7-9-15-11-17(23)21(18(24)12-15)29-31(27,28)30-22-19(25)13-16(14-20(22)26)10-8-6-4-2/h11-14H,3-10H2,1-2H3,(H,27,28). The first-order valence-electron chi connectivity index (χ1n) is 10.3. The molecule has 1 N–H and O–H groups in total. The van der Waals surface area contributed by atoms with Gasteiger partial charge in [-0.25, -0.2) is 4.57 Å². The molecule has 0 bridgehead atoms. The quantitative estimate of drug-likeness (QED) is 0.177. The number of hydrogen-bond donors (Lipinski definition) is 1. The Hall–Kier alpha value is 0.150. The summed E-state index contributed by atoms with van der Waals surface area (Å²) in [5, 5.41) is 0. The maximum Gasteiger partial charge on any atom is 0.585 e. The zero-order valence-corrected chi connectivity index (χ0v) is 24.8. The summed E-state index contributed by atoms with van der Waals surface area (Å²) < 4.78 is 26.0. The minimum absolute atomic E-state index is 0.230. The third-order valence-corrected chi connectivity index (χ3v) is 7.85. The van der Waals surface area contributed by atoms with E-state index in [0.717, 1.165) is 62.5 Å². The number of phosphoric ester groups is 1. The van der Waals surface area contributed by atoms with Crippen LogP contribution in [0.4, 0.5) is 0 Å². The van der Waals surface area contributed by atoms with Gasteiger partial charge < -0.3 is 9.05 Å². The Kier molecular flexibility index (Phi) is 11.6. The lowest BCUT2D eigenvalue weighted by molar-refractivity contribution is 0.288. The topological polar surface area (TPSA) is 55.8 Å². The molecule has 0 aromatic heterocycles. The largest absolute Gasteiger partial charge is 0.585 e. The molecule has 31 heavy (non-hydrogen) atoms. The van der Waals surface area contributed by atoms with E-state index in [1.54, 1.807) is 0 Å². The smallest absolute Gasteiger partial charge is 0.393 e. The predicted octanol–water partition coefficient (Wildman–Crippen LogP) is 9.76. The number of hydrogen-bond acceptors (Lipinski definition) is 3. The maximum atomic E-state index is 12.8. The Morgan fingerprint density at radius 2 is 1.03 bits per heavy atom. The van der Waals surface area contributed by atoms with Gasteiger partial charge in [-0.3, -0.25) is 4.89 Å². The average Bonchev–Trinajstić information content (AvgIpc) is 2.68. The van der Waals surface area contributed by atoms with E-state index in [9.17, 15) is 9.46 Å².